The topological polar surface area (TPSA) is 38.9 Å². The summed E-state index contributed by atoms with van der Waals surface area (Å²) >= 11 is 6.25. The fraction of sp³-hybridized carbons (Fsp3) is 0.125. The number of furan rings is 1. The summed E-state index contributed by atoms with van der Waals surface area (Å²) in [5, 5.41) is 0.449. The largest absolute Gasteiger partial charge is 0.461 e. The number of benzene rings is 1. The van der Waals surface area contributed by atoms with Crippen LogP contribution in [0, 0.1) is 13.8 Å². The van der Waals surface area contributed by atoms with Gasteiger partial charge in [0, 0.05) is 11.1 Å². The van der Waals surface area contributed by atoms with Gasteiger partial charge < -0.3 is 4.42 Å². The zero-order valence-electron chi connectivity index (χ0n) is 11.2. The lowest BCUT2D eigenvalue weighted by atomic mass is 10.1. The van der Waals surface area contributed by atoms with E-state index in [2.05, 4.69) is 9.97 Å². The van der Waals surface area contributed by atoms with E-state index in [1.807, 2.05) is 50.2 Å². The van der Waals surface area contributed by atoms with Gasteiger partial charge in [-0.1, -0.05) is 41.9 Å². The van der Waals surface area contributed by atoms with Crippen molar-refractivity contribution in [1.82, 2.24) is 9.97 Å². The predicted molar refractivity (Wildman–Crippen MR) is 79.7 cm³/mol. The quantitative estimate of drug-likeness (QED) is 0.642. The van der Waals surface area contributed by atoms with Crippen molar-refractivity contribution in [3.63, 3.8) is 0 Å². The fourth-order valence-electron chi connectivity index (χ4n) is 2.07. The van der Waals surface area contributed by atoms with Gasteiger partial charge in [0.05, 0.1) is 12.0 Å². The molecule has 0 saturated carbocycles. The lowest BCUT2D eigenvalue weighted by molar-refractivity contribution is 0.575. The molecule has 0 saturated heterocycles. The van der Waals surface area contributed by atoms with Crippen molar-refractivity contribution < 1.29 is 4.42 Å². The summed E-state index contributed by atoms with van der Waals surface area (Å²) in [6, 6.07) is 11.8. The molecule has 0 fully saturated rings. The van der Waals surface area contributed by atoms with Crippen molar-refractivity contribution >= 4 is 11.6 Å². The van der Waals surface area contributed by atoms with Crippen molar-refractivity contribution in [1.29, 1.82) is 0 Å². The highest BCUT2D eigenvalue weighted by molar-refractivity contribution is 6.30. The molecule has 4 heteroatoms. The zero-order valence-corrected chi connectivity index (χ0v) is 12.0. The lowest BCUT2D eigenvalue weighted by Gasteiger charge is -2.08. The Kier molecular flexibility index (Phi) is 3.28. The molecule has 0 aliphatic rings. The number of halogens is 1. The van der Waals surface area contributed by atoms with Gasteiger partial charge in [0.25, 0.3) is 0 Å². The highest BCUT2D eigenvalue weighted by atomic mass is 35.5. The maximum Gasteiger partial charge on any atom is 0.197 e. The van der Waals surface area contributed by atoms with Gasteiger partial charge in [-0.2, -0.15) is 0 Å². The third kappa shape index (κ3) is 2.21. The van der Waals surface area contributed by atoms with Crippen molar-refractivity contribution in [3.8, 4) is 22.8 Å². The Labute approximate surface area is 122 Å². The van der Waals surface area contributed by atoms with Crippen LogP contribution in [0.15, 0.2) is 47.1 Å². The van der Waals surface area contributed by atoms with Crippen LogP contribution in [0.3, 0.4) is 0 Å². The van der Waals surface area contributed by atoms with Crippen LogP contribution in [0.2, 0.25) is 5.15 Å². The zero-order chi connectivity index (χ0) is 14.1. The SMILES string of the molecule is Cc1ccoc1-c1nc(Cl)c(C)c(-c2ccccc2)n1. The summed E-state index contributed by atoms with van der Waals surface area (Å²) in [4.78, 5) is 8.94. The molecule has 20 heavy (non-hydrogen) atoms. The van der Waals surface area contributed by atoms with Crippen LogP contribution in [0.1, 0.15) is 11.1 Å². The molecule has 0 atom stereocenters. The van der Waals surface area contributed by atoms with E-state index in [1.165, 1.54) is 0 Å². The van der Waals surface area contributed by atoms with E-state index in [4.69, 9.17) is 16.0 Å². The molecule has 0 N–H and O–H groups in total. The van der Waals surface area contributed by atoms with Gasteiger partial charge in [0.15, 0.2) is 11.6 Å². The van der Waals surface area contributed by atoms with Crippen LogP contribution in [0.25, 0.3) is 22.8 Å². The van der Waals surface area contributed by atoms with E-state index in [9.17, 15) is 0 Å². The highest BCUT2D eigenvalue weighted by Gasteiger charge is 2.15. The Morgan fingerprint density at radius 1 is 1.00 bits per heavy atom. The first-order valence-electron chi connectivity index (χ1n) is 6.31. The molecular weight excluding hydrogens is 272 g/mol. The van der Waals surface area contributed by atoms with Gasteiger partial charge in [-0.25, -0.2) is 9.97 Å². The van der Waals surface area contributed by atoms with E-state index in [1.54, 1.807) is 6.26 Å². The molecule has 3 aromatic rings. The maximum atomic E-state index is 6.25. The van der Waals surface area contributed by atoms with Gasteiger partial charge in [0.2, 0.25) is 0 Å². The third-order valence-corrected chi connectivity index (χ3v) is 3.57. The molecule has 1 aromatic carbocycles. The molecule has 2 aromatic heterocycles. The molecule has 0 aliphatic heterocycles. The first-order chi connectivity index (χ1) is 9.66. The number of hydrogen-bond acceptors (Lipinski definition) is 3. The summed E-state index contributed by atoms with van der Waals surface area (Å²) in [7, 11) is 0. The fourth-order valence-corrected chi connectivity index (χ4v) is 2.24. The van der Waals surface area contributed by atoms with E-state index in [0.717, 1.165) is 22.4 Å². The van der Waals surface area contributed by atoms with E-state index in [-0.39, 0.29) is 0 Å². The molecule has 0 spiro atoms. The van der Waals surface area contributed by atoms with Crippen LogP contribution in [-0.2, 0) is 0 Å². The minimum Gasteiger partial charge on any atom is -0.461 e. The molecule has 0 amide bonds. The minimum atomic E-state index is 0.449. The maximum absolute atomic E-state index is 6.25. The van der Waals surface area contributed by atoms with Crippen molar-refractivity contribution in [3.05, 3.63) is 58.9 Å². The molecule has 0 bridgehead atoms. The summed E-state index contributed by atoms with van der Waals surface area (Å²) < 4.78 is 5.45. The highest BCUT2D eigenvalue weighted by Crippen LogP contribution is 2.30. The molecule has 0 aliphatic carbocycles. The Bertz CT molecular complexity index is 750. The number of nitrogens with zero attached hydrogens (tertiary/aromatic N) is 2. The van der Waals surface area contributed by atoms with Crippen LogP contribution in [0.5, 0.6) is 0 Å². The van der Waals surface area contributed by atoms with Gasteiger partial charge in [0.1, 0.15) is 5.15 Å². The van der Waals surface area contributed by atoms with Gasteiger partial charge >= 0.3 is 0 Å². The Hall–Kier alpha value is -2.13. The molecule has 2 heterocycles. The first kappa shape index (κ1) is 12.9. The van der Waals surface area contributed by atoms with E-state index in [0.29, 0.717) is 16.7 Å². The third-order valence-electron chi connectivity index (χ3n) is 3.20. The predicted octanol–water partition coefficient (Wildman–Crippen LogP) is 4.67. The molecule has 100 valence electrons. The van der Waals surface area contributed by atoms with Gasteiger partial charge in [-0.05, 0) is 25.5 Å². The van der Waals surface area contributed by atoms with Crippen LogP contribution in [-0.4, -0.2) is 9.97 Å². The van der Waals surface area contributed by atoms with Crippen LogP contribution in [0.4, 0.5) is 0 Å². The summed E-state index contributed by atoms with van der Waals surface area (Å²) in [6.07, 6.45) is 1.63. The van der Waals surface area contributed by atoms with Gasteiger partial charge in [-0.3, -0.25) is 0 Å². The van der Waals surface area contributed by atoms with Crippen LogP contribution >= 0.6 is 11.6 Å². The lowest BCUT2D eigenvalue weighted by Crippen LogP contribution is -1.97. The summed E-state index contributed by atoms with van der Waals surface area (Å²) in [5.41, 5.74) is 3.70. The Morgan fingerprint density at radius 2 is 1.75 bits per heavy atom. The van der Waals surface area contributed by atoms with Gasteiger partial charge in [-0.15, -0.1) is 0 Å². The second-order valence-electron chi connectivity index (χ2n) is 4.61. The van der Waals surface area contributed by atoms with E-state index < -0.39 is 0 Å². The molecule has 3 rings (SSSR count). The number of aryl methyl sites for hydroxylation is 1. The minimum absolute atomic E-state index is 0.449. The molecular formula is C16H13ClN2O. The summed E-state index contributed by atoms with van der Waals surface area (Å²) in [5.74, 6) is 1.17. The molecule has 0 unspecified atom stereocenters. The standard InChI is InChI=1S/C16H13ClN2O/c1-10-8-9-20-14(10)16-18-13(11(2)15(17)19-16)12-6-4-3-5-7-12/h3-9H,1-2H3. The Balaban J connectivity index is 2.21. The van der Waals surface area contributed by atoms with Crippen molar-refractivity contribution in [2.24, 2.45) is 0 Å². The summed E-state index contributed by atoms with van der Waals surface area (Å²) in [6.45, 7) is 3.88. The Morgan fingerprint density at radius 3 is 2.40 bits per heavy atom. The van der Waals surface area contributed by atoms with Crippen molar-refractivity contribution in [2.75, 3.05) is 0 Å². The number of hydrogen-bond donors (Lipinski definition) is 0. The second-order valence-corrected chi connectivity index (χ2v) is 4.97. The smallest absolute Gasteiger partial charge is 0.197 e. The number of rotatable bonds is 2. The average Bonchev–Trinajstić information content (AvgIpc) is 2.89. The monoisotopic (exact) mass is 284 g/mol. The first-order valence-corrected chi connectivity index (χ1v) is 6.68. The molecule has 3 nitrogen and oxygen atoms in total. The van der Waals surface area contributed by atoms with E-state index >= 15 is 0 Å². The average molecular weight is 285 g/mol. The molecule has 0 radical (unpaired) electrons. The van der Waals surface area contributed by atoms with Crippen LogP contribution < -0.4 is 0 Å². The van der Waals surface area contributed by atoms with Crippen molar-refractivity contribution in [2.45, 2.75) is 13.8 Å². The second kappa shape index (κ2) is 5.10. The normalized spacial score (nSPS) is 10.8. The number of aromatic nitrogens is 2.